The van der Waals surface area contributed by atoms with E-state index in [9.17, 15) is 9.70 Å². The molecule has 0 atom stereocenters. The van der Waals surface area contributed by atoms with E-state index in [1.807, 2.05) is 13.3 Å². The van der Waals surface area contributed by atoms with E-state index < -0.39 is 5.72 Å². The van der Waals surface area contributed by atoms with Crippen molar-refractivity contribution in [3.05, 3.63) is 29.9 Å². The van der Waals surface area contributed by atoms with Crippen molar-refractivity contribution in [2.75, 3.05) is 13.2 Å². The number of ether oxygens (including phenoxy) is 2. The number of carbonyl (C=O) groups excluding carboxylic acids is 1. The van der Waals surface area contributed by atoms with Crippen LogP contribution >= 0.6 is 0 Å². The number of nitrogens with zero attached hydrogens (tertiary/aromatic N) is 1. The van der Waals surface area contributed by atoms with Gasteiger partial charge in [0, 0.05) is 19.3 Å². The normalized spacial score (nSPS) is 18.9. The molecule has 1 rings (SSSR count). The van der Waals surface area contributed by atoms with Gasteiger partial charge in [0.05, 0.1) is 13.2 Å². The zero-order valence-corrected chi connectivity index (χ0v) is 11.4. The van der Waals surface area contributed by atoms with Crippen molar-refractivity contribution in [1.29, 1.82) is 0 Å². The molecule has 0 aromatic rings. The van der Waals surface area contributed by atoms with Crippen LogP contribution in [0.2, 0.25) is 0 Å². The summed E-state index contributed by atoms with van der Waals surface area (Å²) < 4.78 is 10.4. The van der Waals surface area contributed by atoms with Crippen molar-refractivity contribution in [2.45, 2.75) is 44.8 Å². The third-order valence-electron chi connectivity index (χ3n) is 3.12. The summed E-state index contributed by atoms with van der Waals surface area (Å²) in [5, 5.41) is 2.99. The van der Waals surface area contributed by atoms with Gasteiger partial charge in [-0.25, -0.2) is 0 Å². The predicted molar refractivity (Wildman–Crippen MR) is 71.9 cm³/mol. The molecule has 1 aliphatic rings. The van der Waals surface area contributed by atoms with Crippen molar-refractivity contribution in [2.24, 2.45) is 5.18 Å². The van der Waals surface area contributed by atoms with Gasteiger partial charge in [0.15, 0.2) is 0 Å². The van der Waals surface area contributed by atoms with E-state index in [0.717, 1.165) is 12.0 Å². The summed E-state index contributed by atoms with van der Waals surface area (Å²) in [4.78, 5) is 22.6. The molecule has 0 unspecified atom stereocenters. The molecule has 1 saturated heterocycles. The fraction of sp³-hybridized carbons (Fsp3) is 0.643. The van der Waals surface area contributed by atoms with Crippen LogP contribution in [0.4, 0.5) is 0 Å². The highest BCUT2D eigenvalue weighted by atomic mass is 16.6. The van der Waals surface area contributed by atoms with Crippen LogP contribution in [0.3, 0.4) is 0 Å². The minimum absolute atomic E-state index is 0.291. The van der Waals surface area contributed by atoms with E-state index in [-0.39, 0.29) is 5.97 Å². The van der Waals surface area contributed by atoms with Crippen LogP contribution in [-0.2, 0) is 14.3 Å². The van der Waals surface area contributed by atoms with Gasteiger partial charge < -0.3 is 9.47 Å². The molecule has 0 aliphatic carbocycles. The van der Waals surface area contributed by atoms with Crippen LogP contribution in [0.1, 0.15) is 39.0 Å². The Morgan fingerprint density at radius 3 is 2.74 bits per heavy atom. The first-order chi connectivity index (χ1) is 9.12. The predicted octanol–water partition coefficient (Wildman–Crippen LogP) is 2.96. The van der Waals surface area contributed by atoms with Crippen LogP contribution in [0.5, 0.6) is 0 Å². The first kappa shape index (κ1) is 15.8. The van der Waals surface area contributed by atoms with Crippen molar-refractivity contribution < 1.29 is 14.3 Å². The molecule has 0 saturated carbocycles. The maximum Gasteiger partial charge on any atom is 0.308 e. The smallest absolute Gasteiger partial charge is 0.308 e. The summed E-state index contributed by atoms with van der Waals surface area (Å²) in [6.07, 6.45) is 6.25. The largest absolute Gasteiger partial charge is 0.433 e. The summed E-state index contributed by atoms with van der Waals surface area (Å²) >= 11 is 0. The number of carbonyl (C=O) groups is 1. The summed E-state index contributed by atoms with van der Waals surface area (Å²) in [6, 6.07) is 0. The second-order valence-electron chi connectivity index (χ2n) is 4.67. The summed E-state index contributed by atoms with van der Waals surface area (Å²) in [5.41, 5.74) is -0.119. The topological polar surface area (TPSA) is 65.0 Å². The Hall–Kier alpha value is -1.23. The Morgan fingerprint density at radius 1 is 1.47 bits per heavy atom. The molecule has 1 heterocycles. The standard InChI is InChI=1S/C14H21NO4/c1-3-12(2)6-4-5-7-13(16)19-14(15-17)8-10-18-11-9-14/h3,6H,1,4-5,7-11H2,2H3. The summed E-state index contributed by atoms with van der Waals surface area (Å²) in [7, 11) is 0. The minimum Gasteiger partial charge on any atom is -0.433 e. The Balaban J connectivity index is 2.27. The van der Waals surface area contributed by atoms with Crippen molar-refractivity contribution in [3.63, 3.8) is 0 Å². The molecule has 0 aromatic carbocycles. The molecule has 0 aromatic heterocycles. The Bertz CT molecular complexity index is 332. The number of hydrogen-bond donors (Lipinski definition) is 0. The average Bonchev–Trinajstić information content (AvgIpc) is 2.44. The van der Waals surface area contributed by atoms with Crippen LogP contribution in [0, 0.1) is 18.3 Å². The molecular weight excluding hydrogens is 246 g/mol. The van der Waals surface area contributed by atoms with Crippen LogP contribution < -0.4 is 0 Å². The van der Waals surface area contributed by atoms with Gasteiger partial charge in [-0.3, -0.25) is 4.79 Å². The zero-order chi connectivity index (χ0) is 14.1. The van der Waals surface area contributed by atoms with Gasteiger partial charge in [-0.2, -0.15) is 0 Å². The first-order valence-electron chi connectivity index (χ1n) is 6.55. The van der Waals surface area contributed by atoms with Crippen LogP contribution in [0.15, 0.2) is 16.8 Å². The SMILES string of the molecule is [CH2]C=C(C)[CH]CCCC(=O)OC1(N=O)CCOCC1. The van der Waals surface area contributed by atoms with E-state index >= 15 is 0 Å². The highest BCUT2D eigenvalue weighted by molar-refractivity contribution is 5.69. The molecule has 5 heteroatoms. The molecule has 0 N–H and O–H groups in total. The summed E-state index contributed by atoms with van der Waals surface area (Å²) in [5.74, 6) is -0.369. The molecule has 1 aliphatic heterocycles. The highest BCUT2D eigenvalue weighted by Crippen LogP contribution is 2.27. The number of allylic oxidation sites excluding steroid dienone is 2. The molecular formula is C14H21NO4. The van der Waals surface area contributed by atoms with Crippen LogP contribution in [-0.4, -0.2) is 24.9 Å². The number of rotatable bonds is 7. The monoisotopic (exact) mass is 267 g/mol. The lowest BCUT2D eigenvalue weighted by molar-refractivity contribution is -0.168. The van der Waals surface area contributed by atoms with E-state index in [4.69, 9.17) is 9.47 Å². The van der Waals surface area contributed by atoms with Gasteiger partial charge in [0.25, 0.3) is 0 Å². The maximum atomic E-state index is 11.7. The molecule has 106 valence electrons. The molecule has 2 radical (unpaired) electrons. The van der Waals surface area contributed by atoms with Gasteiger partial charge in [-0.05, 0) is 38.3 Å². The third-order valence-corrected chi connectivity index (χ3v) is 3.12. The quantitative estimate of drug-likeness (QED) is 0.404. The lowest BCUT2D eigenvalue weighted by atomic mass is 10.1. The molecule has 0 spiro atoms. The van der Waals surface area contributed by atoms with Gasteiger partial charge in [0.2, 0.25) is 5.72 Å². The first-order valence-corrected chi connectivity index (χ1v) is 6.55. The van der Waals surface area contributed by atoms with E-state index in [0.29, 0.717) is 38.9 Å². The number of unbranched alkanes of at least 4 members (excludes halogenated alkanes) is 1. The van der Waals surface area contributed by atoms with Gasteiger partial charge in [-0.15, -0.1) is 4.91 Å². The van der Waals surface area contributed by atoms with Crippen LogP contribution in [0.25, 0.3) is 0 Å². The van der Waals surface area contributed by atoms with Crippen molar-refractivity contribution in [3.8, 4) is 0 Å². The van der Waals surface area contributed by atoms with Gasteiger partial charge in [0.1, 0.15) is 0 Å². The van der Waals surface area contributed by atoms with E-state index in [1.165, 1.54) is 0 Å². The maximum absolute atomic E-state index is 11.7. The Morgan fingerprint density at radius 2 is 2.16 bits per heavy atom. The number of esters is 1. The number of hydrogen-bond acceptors (Lipinski definition) is 5. The van der Waals surface area contributed by atoms with E-state index in [1.54, 1.807) is 6.08 Å². The lowest BCUT2D eigenvalue weighted by Gasteiger charge is -2.29. The molecule has 0 amide bonds. The summed E-state index contributed by atoms with van der Waals surface area (Å²) in [6.45, 7) is 6.42. The van der Waals surface area contributed by atoms with Crippen molar-refractivity contribution in [1.82, 2.24) is 0 Å². The van der Waals surface area contributed by atoms with E-state index in [2.05, 4.69) is 12.1 Å². The Labute approximate surface area is 114 Å². The van der Waals surface area contributed by atoms with Gasteiger partial charge in [-0.1, -0.05) is 11.6 Å². The molecule has 1 fully saturated rings. The second-order valence-corrected chi connectivity index (χ2v) is 4.67. The third kappa shape index (κ3) is 5.51. The number of nitroso groups, excluding NO2 is 1. The average molecular weight is 267 g/mol. The second kappa shape index (κ2) is 8.04. The lowest BCUT2D eigenvalue weighted by Crippen LogP contribution is -2.38. The van der Waals surface area contributed by atoms with Crippen molar-refractivity contribution >= 4 is 5.97 Å². The van der Waals surface area contributed by atoms with Gasteiger partial charge >= 0.3 is 5.97 Å². The zero-order valence-electron chi connectivity index (χ0n) is 11.4. The minimum atomic E-state index is -1.21. The fourth-order valence-electron chi connectivity index (χ4n) is 1.82. The Kier molecular flexibility index (Phi) is 6.70. The molecule has 0 bridgehead atoms. The fourth-order valence-corrected chi connectivity index (χ4v) is 1.82. The highest BCUT2D eigenvalue weighted by Gasteiger charge is 2.37. The molecule has 5 nitrogen and oxygen atoms in total. The molecule has 19 heavy (non-hydrogen) atoms.